The van der Waals surface area contributed by atoms with Crippen LogP contribution >= 0.6 is 0 Å². The van der Waals surface area contributed by atoms with Gasteiger partial charge in [0.15, 0.2) is 0 Å². The summed E-state index contributed by atoms with van der Waals surface area (Å²) >= 11 is 0. The van der Waals surface area contributed by atoms with Gasteiger partial charge in [-0.05, 0) is 38.5 Å². The minimum Gasteiger partial charge on any atom is -0.381 e. The smallest absolute Gasteiger partial charge is 0.0630 e. The van der Waals surface area contributed by atoms with Crippen molar-refractivity contribution in [2.45, 2.75) is 108 Å². The third-order valence-corrected chi connectivity index (χ3v) is 6.19. The Morgan fingerprint density at radius 1 is 0.548 bits per heavy atom. The molecule has 0 amide bonds. The summed E-state index contributed by atoms with van der Waals surface area (Å²) in [5.41, 5.74) is 0. The highest BCUT2D eigenvalue weighted by atomic mass is 16.5. The van der Waals surface area contributed by atoms with Crippen LogP contribution in [0.1, 0.15) is 71.1 Å². The highest BCUT2D eigenvalue weighted by Gasteiger charge is 2.26. The van der Waals surface area contributed by atoms with Crippen molar-refractivity contribution in [2.75, 3.05) is 42.7 Å². The summed E-state index contributed by atoms with van der Waals surface area (Å²) in [7, 11) is 10.6. The van der Waals surface area contributed by atoms with E-state index in [4.69, 9.17) is 28.4 Å². The highest BCUT2D eigenvalue weighted by molar-refractivity contribution is 4.80. The van der Waals surface area contributed by atoms with E-state index in [0.29, 0.717) is 0 Å². The van der Waals surface area contributed by atoms with Crippen LogP contribution in [0.2, 0.25) is 0 Å². The topological polar surface area (TPSA) is 55.4 Å². The van der Waals surface area contributed by atoms with E-state index in [9.17, 15) is 0 Å². The minimum absolute atomic E-state index is 0.0384. The van der Waals surface area contributed by atoms with E-state index in [1.54, 1.807) is 42.7 Å². The summed E-state index contributed by atoms with van der Waals surface area (Å²) in [5, 5.41) is 0. The van der Waals surface area contributed by atoms with Crippen molar-refractivity contribution in [3.05, 3.63) is 12.7 Å². The molecule has 0 aromatic heterocycles. The molecule has 0 saturated heterocycles. The lowest BCUT2D eigenvalue weighted by molar-refractivity contribution is -0.0490. The van der Waals surface area contributed by atoms with E-state index in [1.807, 2.05) is 6.08 Å². The molecule has 0 heterocycles. The van der Waals surface area contributed by atoms with E-state index >= 15 is 0 Å². The van der Waals surface area contributed by atoms with E-state index in [1.165, 1.54) is 19.3 Å². The number of ether oxygens (including phenoxy) is 6. The van der Waals surface area contributed by atoms with Gasteiger partial charge in [0, 0.05) is 49.1 Å². The molecule has 31 heavy (non-hydrogen) atoms. The van der Waals surface area contributed by atoms with Crippen molar-refractivity contribution < 1.29 is 28.4 Å². The Hall–Kier alpha value is -0.500. The van der Waals surface area contributed by atoms with Crippen LogP contribution in [0, 0.1) is 0 Å². The summed E-state index contributed by atoms with van der Waals surface area (Å²) < 4.78 is 34.3. The first-order valence-corrected chi connectivity index (χ1v) is 11.8. The quantitative estimate of drug-likeness (QED) is 0.169. The third kappa shape index (κ3) is 14.3. The summed E-state index contributed by atoms with van der Waals surface area (Å²) in [6, 6.07) is 0. The van der Waals surface area contributed by atoms with E-state index < -0.39 is 0 Å². The number of methoxy groups -OCH3 is 6. The Labute approximate surface area is 191 Å². The molecule has 6 heteroatoms. The molecule has 0 aromatic carbocycles. The second-order valence-corrected chi connectivity index (χ2v) is 8.34. The first-order chi connectivity index (χ1) is 15.0. The Kier molecular flexibility index (Phi) is 19.8. The SMILES string of the molecule is C=CC[C@@H](C[C@@H](C[C@@H](C[C@@H](C[C@@H](C[C@@H](CCCCC)OC)OC)OC)OC)OC)OC. The highest BCUT2D eigenvalue weighted by Crippen LogP contribution is 2.23. The predicted molar refractivity (Wildman–Crippen MR) is 127 cm³/mol. The summed E-state index contributed by atoms with van der Waals surface area (Å²) in [6.45, 7) is 6.03. The maximum atomic E-state index is 5.81. The Morgan fingerprint density at radius 2 is 0.903 bits per heavy atom. The number of unbranched alkanes of at least 4 members (excludes halogenated alkanes) is 2. The minimum atomic E-state index is 0.0384. The van der Waals surface area contributed by atoms with Gasteiger partial charge in [-0.15, -0.1) is 6.58 Å². The largest absolute Gasteiger partial charge is 0.381 e. The van der Waals surface area contributed by atoms with Crippen molar-refractivity contribution in [2.24, 2.45) is 0 Å². The van der Waals surface area contributed by atoms with Crippen molar-refractivity contribution >= 4 is 0 Å². The molecule has 0 radical (unpaired) electrons. The molecule has 0 bridgehead atoms. The maximum absolute atomic E-state index is 5.81. The lowest BCUT2D eigenvalue weighted by atomic mass is 9.95. The standard InChI is InChI=1S/C25H50O6/c1-9-11-12-14-21(27-4)16-23(29-6)18-25(31-8)19-24(30-7)17-22(28-5)15-20(26-3)13-10-2/h10,20-25H,2,9,11-19H2,1,3-8H3/t20-,21+,22-,23+,24-,25+/m0/s1. The van der Waals surface area contributed by atoms with Crippen molar-refractivity contribution in [3.8, 4) is 0 Å². The molecule has 0 spiro atoms. The molecule has 0 aliphatic heterocycles. The predicted octanol–water partition coefficient (Wildman–Crippen LogP) is 5.18. The molecule has 6 nitrogen and oxygen atoms in total. The van der Waals surface area contributed by atoms with Crippen LogP contribution in [-0.2, 0) is 28.4 Å². The first-order valence-electron chi connectivity index (χ1n) is 11.8. The van der Waals surface area contributed by atoms with E-state index in [-0.39, 0.29) is 36.6 Å². The normalized spacial score (nSPS) is 17.6. The van der Waals surface area contributed by atoms with Gasteiger partial charge in [-0.2, -0.15) is 0 Å². The Bertz CT molecular complexity index is 405. The molecule has 0 aromatic rings. The number of hydrogen-bond donors (Lipinski definition) is 0. The fraction of sp³-hybridized carbons (Fsp3) is 0.920. The maximum Gasteiger partial charge on any atom is 0.0630 e. The molecular weight excluding hydrogens is 396 g/mol. The van der Waals surface area contributed by atoms with Crippen LogP contribution in [0.15, 0.2) is 12.7 Å². The average Bonchev–Trinajstić information content (AvgIpc) is 2.80. The number of rotatable bonds is 22. The van der Waals surface area contributed by atoms with Crippen LogP contribution in [0.25, 0.3) is 0 Å². The molecule has 0 unspecified atom stereocenters. The third-order valence-electron chi connectivity index (χ3n) is 6.19. The van der Waals surface area contributed by atoms with Gasteiger partial charge >= 0.3 is 0 Å². The molecule has 0 fully saturated rings. The van der Waals surface area contributed by atoms with Crippen molar-refractivity contribution in [1.29, 1.82) is 0 Å². The zero-order valence-corrected chi connectivity index (χ0v) is 21.3. The summed E-state index contributed by atoms with van der Waals surface area (Å²) in [4.78, 5) is 0. The van der Waals surface area contributed by atoms with Gasteiger partial charge in [-0.25, -0.2) is 0 Å². The lowest BCUT2D eigenvalue weighted by Crippen LogP contribution is -2.32. The second-order valence-electron chi connectivity index (χ2n) is 8.34. The lowest BCUT2D eigenvalue weighted by Gasteiger charge is -2.29. The zero-order valence-electron chi connectivity index (χ0n) is 21.3. The van der Waals surface area contributed by atoms with Crippen molar-refractivity contribution in [3.63, 3.8) is 0 Å². The van der Waals surface area contributed by atoms with Gasteiger partial charge in [0.25, 0.3) is 0 Å². The summed E-state index contributed by atoms with van der Waals surface area (Å²) in [5.74, 6) is 0. The van der Waals surface area contributed by atoms with Gasteiger partial charge in [0.2, 0.25) is 0 Å². The monoisotopic (exact) mass is 446 g/mol. The Morgan fingerprint density at radius 3 is 1.23 bits per heavy atom. The number of hydrogen-bond acceptors (Lipinski definition) is 6. The summed E-state index contributed by atoms with van der Waals surface area (Å²) in [6.07, 6.45) is 12.1. The van der Waals surface area contributed by atoms with Gasteiger partial charge in [-0.3, -0.25) is 0 Å². The molecule has 186 valence electrons. The van der Waals surface area contributed by atoms with Crippen LogP contribution < -0.4 is 0 Å². The molecule has 6 atom stereocenters. The van der Waals surface area contributed by atoms with Crippen LogP contribution in [0.3, 0.4) is 0 Å². The molecule has 0 aliphatic rings. The van der Waals surface area contributed by atoms with Gasteiger partial charge in [-0.1, -0.05) is 32.3 Å². The fourth-order valence-corrected chi connectivity index (χ4v) is 4.05. The molecular formula is C25H50O6. The average molecular weight is 447 g/mol. The van der Waals surface area contributed by atoms with E-state index in [2.05, 4.69) is 13.5 Å². The molecule has 0 saturated carbocycles. The molecule has 0 N–H and O–H groups in total. The molecule has 0 aliphatic carbocycles. The zero-order chi connectivity index (χ0) is 23.5. The van der Waals surface area contributed by atoms with Crippen LogP contribution in [0.4, 0.5) is 0 Å². The fourth-order valence-electron chi connectivity index (χ4n) is 4.05. The van der Waals surface area contributed by atoms with Crippen LogP contribution in [0.5, 0.6) is 0 Å². The van der Waals surface area contributed by atoms with Crippen molar-refractivity contribution in [1.82, 2.24) is 0 Å². The Balaban J connectivity index is 4.78. The van der Waals surface area contributed by atoms with Gasteiger partial charge in [0.1, 0.15) is 0 Å². The van der Waals surface area contributed by atoms with Crippen LogP contribution in [-0.4, -0.2) is 79.3 Å². The van der Waals surface area contributed by atoms with Gasteiger partial charge < -0.3 is 28.4 Å². The molecule has 0 rings (SSSR count). The first kappa shape index (κ1) is 30.5. The van der Waals surface area contributed by atoms with E-state index in [0.717, 1.165) is 44.9 Å². The van der Waals surface area contributed by atoms with Gasteiger partial charge in [0.05, 0.1) is 36.6 Å². The second kappa shape index (κ2) is 20.1.